The van der Waals surface area contributed by atoms with Crippen LogP contribution in [0.25, 0.3) is 0 Å². The van der Waals surface area contributed by atoms with Crippen molar-refractivity contribution in [1.82, 2.24) is 10.2 Å². The van der Waals surface area contributed by atoms with Crippen LogP contribution in [0.1, 0.15) is 18.1 Å². The lowest BCUT2D eigenvalue weighted by Gasteiger charge is -2.27. The molecule has 2 rings (SSSR count). The van der Waals surface area contributed by atoms with Gasteiger partial charge in [0.2, 0.25) is 0 Å². The molecule has 1 N–H and O–H groups in total. The number of nitrogens with one attached hydrogen (secondary N) is 1. The molecule has 1 saturated heterocycles. The second-order valence-electron chi connectivity index (χ2n) is 5.41. The zero-order valence-electron chi connectivity index (χ0n) is 12.2. The van der Waals surface area contributed by atoms with Gasteiger partial charge in [0, 0.05) is 39.8 Å². The number of hydrogen-bond donors (Lipinski definition) is 1. The lowest BCUT2D eigenvalue weighted by molar-refractivity contribution is 0.119. The normalized spacial score (nSPS) is 18.4. The standard InChI is InChI=1S/C16H26N2O/c1-14(19-2)13-16-5-3-15(4-6-16)7-10-18-11-8-17-9-12-18/h3-6,14,17H,7-13H2,1-2H3. The molecule has 0 amide bonds. The third-order valence-electron chi connectivity index (χ3n) is 3.87. The molecule has 3 heteroatoms. The molecule has 1 fully saturated rings. The highest BCUT2D eigenvalue weighted by Crippen LogP contribution is 2.09. The lowest BCUT2D eigenvalue weighted by atomic mass is 10.0. The first-order valence-electron chi connectivity index (χ1n) is 7.31. The van der Waals surface area contributed by atoms with Crippen molar-refractivity contribution in [1.29, 1.82) is 0 Å². The minimum absolute atomic E-state index is 0.298. The van der Waals surface area contributed by atoms with Gasteiger partial charge in [0.05, 0.1) is 6.10 Å². The van der Waals surface area contributed by atoms with E-state index >= 15 is 0 Å². The van der Waals surface area contributed by atoms with Crippen molar-refractivity contribution in [2.45, 2.75) is 25.9 Å². The Bertz CT molecular complexity index is 358. The van der Waals surface area contributed by atoms with Gasteiger partial charge in [-0.25, -0.2) is 0 Å². The number of piperazine rings is 1. The van der Waals surface area contributed by atoms with Crippen molar-refractivity contribution in [3.8, 4) is 0 Å². The molecule has 0 saturated carbocycles. The fourth-order valence-electron chi connectivity index (χ4n) is 2.48. The summed E-state index contributed by atoms with van der Waals surface area (Å²) < 4.78 is 5.30. The van der Waals surface area contributed by atoms with Crippen LogP contribution in [0.3, 0.4) is 0 Å². The topological polar surface area (TPSA) is 24.5 Å². The summed E-state index contributed by atoms with van der Waals surface area (Å²) in [4.78, 5) is 2.54. The fraction of sp³-hybridized carbons (Fsp3) is 0.625. The van der Waals surface area contributed by atoms with Gasteiger partial charge in [0.15, 0.2) is 0 Å². The van der Waals surface area contributed by atoms with Crippen molar-refractivity contribution < 1.29 is 4.74 Å². The van der Waals surface area contributed by atoms with Crippen LogP contribution in [0.5, 0.6) is 0 Å². The van der Waals surface area contributed by atoms with E-state index < -0.39 is 0 Å². The highest BCUT2D eigenvalue weighted by molar-refractivity contribution is 5.23. The van der Waals surface area contributed by atoms with Crippen LogP contribution in [0.15, 0.2) is 24.3 Å². The third-order valence-corrected chi connectivity index (χ3v) is 3.87. The third kappa shape index (κ3) is 4.94. The smallest absolute Gasteiger partial charge is 0.0583 e. The minimum Gasteiger partial charge on any atom is -0.381 e. The molecule has 106 valence electrons. The summed E-state index contributed by atoms with van der Waals surface area (Å²) in [5.41, 5.74) is 2.80. The molecule has 19 heavy (non-hydrogen) atoms. The molecule has 1 aromatic carbocycles. The highest BCUT2D eigenvalue weighted by Gasteiger charge is 2.09. The Morgan fingerprint density at radius 3 is 2.42 bits per heavy atom. The van der Waals surface area contributed by atoms with Crippen molar-refractivity contribution >= 4 is 0 Å². The van der Waals surface area contributed by atoms with Crippen molar-refractivity contribution in [2.24, 2.45) is 0 Å². The maximum absolute atomic E-state index is 5.30. The van der Waals surface area contributed by atoms with E-state index in [2.05, 4.69) is 41.4 Å². The number of methoxy groups -OCH3 is 1. The van der Waals surface area contributed by atoms with E-state index in [1.165, 1.54) is 30.8 Å². The first-order valence-corrected chi connectivity index (χ1v) is 7.31. The zero-order chi connectivity index (χ0) is 13.5. The van der Waals surface area contributed by atoms with E-state index in [1.54, 1.807) is 7.11 Å². The van der Waals surface area contributed by atoms with Gasteiger partial charge in [-0.2, -0.15) is 0 Å². The summed E-state index contributed by atoms with van der Waals surface area (Å²) in [7, 11) is 1.77. The largest absolute Gasteiger partial charge is 0.381 e. The number of nitrogens with zero attached hydrogens (tertiary/aromatic N) is 1. The number of ether oxygens (including phenoxy) is 1. The first kappa shape index (κ1) is 14.5. The lowest BCUT2D eigenvalue weighted by Crippen LogP contribution is -2.44. The molecule has 1 aliphatic rings. The van der Waals surface area contributed by atoms with Crippen LogP contribution in [0.2, 0.25) is 0 Å². The number of rotatable bonds is 6. The molecule has 1 atom stereocenters. The maximum atomic E-state index is 5.30. The van der Waals surface area contributed by atoms with Gasteiger partial charge in [-0.1, -0.05) is 24.3 Å². The van der Waals surface area contributed by atoms with Gasteiger partial charge in [0.25, 0.3) is 0 Å². The Kier molecular flexibility index (Phi) is 5.83. The second-order valence-corrected chi connectivity index (χ2v) is 5.41. The van der Waals surface area contributed by atoms with Crippen LogP contribution >= 0.6 is 0 Å². The minimum atomic E-state index is 0.298. The molecule has 0 bridgehead atoms. The van der Waals surface area contributed by atoms with Gasteiger partial charge in [0.1, 0.15) is 0 Å². The quantitative estimate of drug-likeness (QED) is 0.845. The summed E-state index contributed by atoms with van der Waals surface area (Å²) in [6, 6.07) is 9.01. The number of benzene rings is 1. The zero-order valence-corrected chi connectivity index (χ0v) is 12.2. The predicted molar refractivity (Wildman–Crippen MR) is 79.6 cm³/mol. The van der Waals surface area contributed by atoms with Gasteiger partial charge in [-0.3, -0.25) is 0 Å². The summed E-state index contributed by atoms with van der Waals surface area (Å²) in [5.74, 6) is 0. The Labute approximate surface area is 116 Å². The van der Waals surface area contributed by atoms with Crippen molar-refractivity contribution in [2.75, 3.05) is 39.8 Å². The average Bonchev–Trinajstić information content (AvgIpc) is 2.47. The Hall–Kier alpha value is -0.900. The average molecular weight is 262 g/mol. The highest BCUT2D eigenvalue weighted by atomic mass is 16.5. The van der Waals surface area contributed by atoms with E-state index in [4.69, 9.17) is 4.74 Å². The SMILES string of the molecule is COC(C)Cc1ccc(CCN2CCNCC2)cc1. The molecule has 0 radical (unpaired) electrons. The summed E-state index contributed by atoms with van der Waals surface area (Å²) >= 11 is 0. The van der Waals surface area contributed by atoms with Crippen LogP contribution in [0, 0.1) is 0 Å². The Balaban J connectivity index is 1.77. The summed E-state index contributed by atoms with van der Waals surface area (Å²) in [6.07, 6.45) is 2.45. The van der Waals surface area contributed by atoms with Crippen molar-refractivity contribution in [3.05, 3.63) is 35.4 Å². The van der Waals surface area contributed by atoms with E-state index in [9.17, 15) is 0 Å². The van der Waals surface area contributed by atoms with E-state index in [0.29, 0.717) is 6.10 Å². The first-order chi connectivity index (χ1) is 9.28. The van der Waals surface area contributed by atoms with Gasteiger partial charge >= 0.3 is 0 Å². The molecule has 1 aliphatic heterocycles. The summed E-state index contributed by atoms with van der Waals surface area (Å²) in [5, 5.41) is 3.39. The van der Waals surface area contributed by atoms with Crippen LogP contribution in [0.4, 0.5) is 0 Å². The van der Waals surface area contributed by atoms with Crippen LogP contribution in [-0.2, 0) is 17.6 Å². The van der Waals surface area contributed by atoms with Crippen LogP contribution in [-0.4, -0.2) is 50.8 Å². The fourth-order valence-corrected chi connectivity index (χ4v) is 2.48. The molecule has 0 spiro atoms. The van der Waals surface area contributed by atoms with E-state index in [0.717, 1.165) is 25.9 Å². The summed E-state index contributed by atoms with van der Waals surface area (Å²) in [6.45, 7) is 7.92. The molecule has 1 heterocycles. The molecule has 1 unspecified atom stereocenters. The Morgan fingerprint density at radius 1 is 1.16 bits per heavy atom. The Morgan fingerprint density at radius 2 is 1.79 bits per heavy atom. The van der Waals surface area contributed by atoms with Crippen LogP contribution < -0.4 is 5.32 Å². The second kappa shape index (κ2) is 7.63. The molecular weight excluding hydrogens is 236 g/mol. The molecule has 1 aromatic rings. The van der Waals surface area contributed by atoms with Gasteiger partial charge in [-0.15, -0.1) is 0 Å². The molecule has 3 nitrogen and oxygen atoms in total. The molecule has 0 aromatic heterocycles. The monoisotopic (exact) mass is 262 g/mol. The predicted octanol–water partition coefficient (Wildman–Crippen LogP) is 1.71. The van der Waals surface area contributed by atoms with Gasteiger partial charge in [-0.05, 0) is 30.9 Å². The van der Waals surface area contributed by atoms with Gasteiger partial charge < -0.3 is 15.0 Å². The van der Waals surface area contributed by atoms with E-state index in [1.807, 2.05) is 0 Å². The van der Waals surface area contributed by atoms with Crippen molar-refractivity contribution in [3.63, 3.8) is 0 Å². The molecular formula is C16H26N2O. The van der Waals surface area contributed by atoms with E-state index in [-0.39, 0.29) is 0 Å². The molecule has 0 aliphatic carbocycles. The number of hydrogen-bond acceptors (Lipinski definition) is 3. The maximum Gasteiger partial charge on any atom is 0.0583 e.